The summed E-state index contributed by atoms with van der Waals surface area (Å²) in [5.41, 5.74) is 8.83. The van der Waals surface area contributed by atoms with E-state index in [1.807, 2.05) is 6.08 Å². The first-order valence-electron chi connectivity index (χ1n) is 15.5. The molecule has 0 fully saturated rings. The van der Waals surface area contributed by atoms with Gasteiger partial charge in [-0.05, 0) is 88.2 Å². The van der Waals surface area contributed by atoms with Crippen LogP contribution < -0.4 is 0 Å². The molecule has 0 bridgehead atoms. The highest BCUT2D eigenvalue weighted by atomic mass is 16.3. The molecule has 0 saturated heterocycles. The largest absolute Gasteiger partial charge is 0.393 e. The minimum atomic E-state index is -0.228. The van der Waals surface area contributed by atoms with Crippen LogP contribution in [0.1, 0.15) is 88.0 Å². The van der Waals surface area contributed by atoms with Gasteiger partial charge in [-0.1, -0.05) is 147 Å². The van der Waals surface area contributed by atoms with Gasteiger partial charge in [0, 0.05) is 0 Å². The van der Waals surface area contributed by atoms with Gasteiger partial charge >= 0.3 is 0 Å². The highest BCUT2D eigenvalue weighted by Crippen LogP contribution is 2.41. The van der Waals surface area contributed by atoms with E-state index >= 15 is 0 Å². The number of hydrogen-bond acceptors (Lipinski definition) is 2. The fraction of sp³-hybridized carbons (Fsp3) is 0.450. The van der Waals surface area contributed by atoms with Crippen LogP contribution in [0.25, 0.3) is 0 Å². The molecule has 0 heterocycles. The lowest BCUT2D eigenvalue weighted by Crippen LogP contribution is -2.28. The molecule has 0 amide bonds. The van der Waals surface area contributed by atoms with E-state index < -0.39 is 0 Å². The Labute approximate surface area is 257 Å². The van der Waals surface area contributed by atoms with Crippen LogP contribution in [0.3, 0.4) is 0 Å². The molecule has 2 aliphatic carbocycles. The van der Waals surface area contributed by atoms with Crippen LogP contribution in [0.15, 0.2) is 130 Å². The minimum absolute atomic E-state index is 0.00292. The number of rotatable bonds is 12. The average Bonchev–Trinajstić information content (AvgIpc) is 2.88. The Kier molecular flexibility index (Phi) is 14.0. The van der Waals surface area contributed by atoms with Crippen molar-refractivity contribution in [2.45, 2.75) is 94.1 Å². The van der Waals surface area contributed by atoms with Crippen LogP contribution in [0.5, 0.6) is 0 Å². The Morgan fingerprint density at radius 3 is 2.00 bits per heavy atom. The zero-order chi connectivity index (χ0) is 31.3. The summed E-state index contributed by atoms with van der Waals surface area (Å²) >= 11 is 0. The molecule has 0 aromatic carbocycles. The Morgan fingerprint density at radius 2 is 1.43 bits per heavy atom. The summed E-state index contributed by atoms with van der Waals surface area (Å²) in [4.78, 5) is 0. The lowest BCUT2D eigenvalue weighted by molar-refractivity contribution is 0.116. The van der Waals surface area contributed by atoms with Crippen LogP contribution in [0.4, 0.5) is 0 Å². The number of allylic oxidation sites excluding steroid dienone is 20. The average molecular weight is 569 g/mol. The first-order valence-corrected chi connectivity index (χ1v) is 15.5. The van der Waals surface area contributed by atoms with Gasteiger partial charge in [-0.3, -0.25) is 0 Å². The van der Waals surface area contributed by atoms with E-state index in [0.717, 1.165) is 36.8 Å². The molecule has 0 spiro atoms. The smallest absolute Gasteiger partial charge is 0.0644 e. The number of hydrogen-bond donors (Lipinski definition) is 2. The van der Waals surface area contributed by atoms with E-state index in [0.29, 0.717) is 5.92 Å². The Morgan fingerprint density at radius 1 is 0.857 bits per heavy atom. The standard InChI is InChI=1S/C40H56O2/c1-30(17-12-18-32(3)22-24-38-34(5)27-36(42)28-40(38,8)9)15-10-11-16-31(2)19-13-21-35(29-41)23-25-37-33(4)20-14-26-39(37,6)7/h10-22,24,26,36-37,41-42H,23,25,27-29H2,1-9H3. The van der Waals surface area contributed by atoms with Crippen molar-refractivity contribution >= 4 is 0 Å². The molecule has 0 radical (unpaired) electrons. The zero-order valence-electron chi connectivity index (χ0n) is 27.7. The Balaban J connectivity index is 1.88. The van der Waals surface area contributed by atoms with E-state index in [2.05, 4.69) is 147 Å². The summed E-state index contributed by atoms with van der Waals surface area (Å²) in [5.74, 6) is 0.508. The van der Waals surface area contributed by atoms with Gasteiger partial charge in [-0.15, -0.1) is 0 Å². The third kappa shape index (κ3) is 11.7. The van der Waals surface area contributed by atoms with Crippen molar-refractivity contribution in [3.8, 4) is 0 Å². The van der Waals surface area contributed by atoms with E-state index in [4.69, 9.17) is 0 Å². The third-order valence-electron chi connectivity index (χ3n) is 8.52. The molecule has 0 saturated carbocycles. The maximum absolute atomic E-state index is 10.1. The molecule has 2 heteroatoms. The molecular formula is C40H56O2. The second-order valence-corrected chi connectivity index (χ2v) is 13.5. The van der Waals surface area contributed by atoms with Crippen molar-refractivity contribution in [1.82, 2.24) is 0 Å². The molecule has 228 valence electrons. The Hall–Kier alpha value is -2.94. The van der Waals surface area contributed by atoms with Gasteiger partial charge in [0.1, 0.15) is 0 Å². The van der Waals surface area contributed by atoms with Crippen molar-refractivity contribution in [2.75, 3.05) is 6.61 Å². The third-order valence-corrected chi connectivity index (χ3v) is 8.52. The molecule has 0 aromatic rings. The first-order chi connectivity index (χ1) is 19.7. The zero-order valence-corrected chi connectivity index (χ0v) is 27.7. The van der Waals surface area contributed by atoms with Crippen molar-refractivity contribution in [1.29, 1.82) is 0 Å². The van der Waals surface area contributed by atoms with Gasteiger partial charge < -0.3 is 10.2 Å². The summed E-state index contributed by atoms with van der Waals surface area (Å²) in [6.45, 7) is 19.8. The fourth-order valence-corrected chi connectivity index (χ4v) is 6.08. The second kappa shape index (κ2) is 16.6. The molecule has 2 unspecified atom stereocenters. The van der Waals surface area contributed by atoms with E-state index in [1.54, 1.807) is 0 Å². The van der Waals surface area contributed by atoms with Crippen LogP contribution in [0.2, 0.25) is 0 Å². The van der Waals surface area contributed by atoms with E-state index in [1.165, 1.54) is 27.9 Å². The highest BCUT2D eigenvalue weighted by Gasteiger charge is 2.31. The van der Waals surface area contributed by atoms with Crippen molar-refractivity contribution in [3.63, 3.8) is 0 Å². The van der Waals surface area contributed by atoms with Gasteiger partial charge in [-0.2, -0.15) is 0 Å². The fourth-order valence-electron chi connectivity index (χ4n) is 6.08. The molecular weight excluding hydrogens is 512 g/mol. The normalized spacial score (nSPS) is 24.2. The number of aliphatic hydroxyl groups excluding tert-OH is 2. The summed E-state index contributed by atoms with van der Waals surface area (Å²) in [6.07, 6.45) is 35.2. The molecule has 0 aromatic heterocycles. The van der Waals surface area contributed by atoms with E-state index in [9.17, 15) is 10.2 Å². The van der Waals surface area contributed by atoms with Crippen molar-refractivity contribution < 1.29 is 10.2 Å². The minimum Gasteiger partial charge on any atom is -0.393 e. The van der Waals surface area contributed by atoms with Crippen LogP contribution in [-0.2, 0) is 0 Å². The van der Waals surface area contributed by atoms with Crippen molar-refractivity contribution in [3.05, 3.63) is 130 Å². The van der Waals surface area contributed by atoms with Gasteiger partial charge in [0.25, 0.3) is 0 Å². The highest BCUT2D eigenvalue weighted by molar-refractivity contribution is 5.38. The SMILES string of the molecule is CC(C=CC=C(C)C=CC1=C(C)CC(O)CC1(C)C)=CC=CC=C(C)C=CC=C(CO)CCC1C(C)=CC=CC1(C)C. The van der Waals surface area contributed by atoms with Gasteiger partial charge in [0.05, 0.1) is 12.7 Å². The van der Waals surface area contributed by atoms with Crippen LogP contribution >= 0.6 is 0 Å². The monoisotopic (exact) mass is 568 g/mol. The lowest BCUT2D eigenvalue weighted by Gasteiger charge is -2.35. The quantitative estimate of drug-likeness (QED) is 0.230. The van der Waals surface area contributed by atoms with Crippen LogP contribution in [0, 0.1) is 16.7 Å². The number of aliphatic hydroxyl groups is 2. The predicted octanol–water partition coefficient (Wildman–Crippen LogP) is 10.4. The van der Waals surface area contributed by atoms with Crippen molar-refractivity contribution in [2.24, 2.45) is 16.7 Å². The molecule has 2 nitrogen and oxygen atoms in total. The van der Waals surface area contributed by atoms with Gasteiger partial charge in [0.15, 0.2) is 0 Å². The predicted molar refractivity (Wildman–Crippen MR) is 184 cm³/mol. The van der Waals surface area contributed by atoms with Gasteiger partial charge in [-0.25, -0.2) is 0 Å². The molecule has 42 heavy (non-hydrogen) atoms. The molecule has 2 rings (SSSR count). The summed E-state index contributed by atoms with van der Waals surface area (Å²) in [7, 11) is 0. The lowest BCUT2D eigenvalue weighted by atomic mass is 9.70. The Bertz CT molecular complexity index is 1260. The second-order valence-electron chi connectivity index (χ2n) is 13.5. The first kappa shape index (κ1) is 35.3. The molecule has 0 aliphatic heterocycles. The summed E-state index contributed by atoms with van der Waals surface area (Å²) in [6, 6.07) is 0. The molecule has 2 aliphatic rings. The van der Waals surface area contributed by atoms with E-state index in [-0.39, 0.29) is 23.5 Å². The van der Waals surface area contributed by atoms with Crippen LogP contribution in [-0.4, -0.2) is 22.9 Å². The molecule has 2 N–H and O–H groups in total. The maximum atomic E-state index is 10.1. The molecule has 2 atom stereocenters. The van der Waals surface area contributed by atoms with Gasteiger partial charge in [0.2, 0.25) is 0 Å². The topological polar surface area (TPSA) is 40.5 Å². The summed E-state index contributed by atoms with van der Waals surface area (Å²) < 4.78 is 0. The maximum Gasteiger partial charge on any atom is 0.0644 e. The summed E-state index contributed by atoms with van der Waals surface area (Å²) in [5, 5.41) is 20.0.